The number of carbonyl (C=O) groups excluding carboxylic acids is 1. The van der Waals surface area contributed by atoms with Gasteiger partial charge in [0.25, 0.3) is 5.91 Å². The number of methoxy groups -OCH3 is 1. The van der Waals surface area contributed by atoms with Crippen LogP contribution in [0.4, 0.5) is 0 Å². The summed E-state index contributed by atoms with van der Waals surface area (Å²) in [5.74, 6) is 0.533. The van der Waals surface area contributed by atoms with Crippen LogP contribution in [0.2, 0.25) is 0 Å². The van der Waals surface area contributed by atoms with Crippen molar-refractivity contribution in [1.29, 1.82) is 0 Å². The highest BCUT2D eigenvalue weighted by Crippen LogP contribution is 2.28. The third kappa shape index (κ3) is 3.80. The summed E-state index contributed by atoms with van der Waals surface area (Å²) in [5.41, 5.74) is 2.91. The number of ether oxygens (including phenoxy) is 2. The second-order valence-electron chi connectivity index (χ2n) is 6.18. The van der Waals surface area contributed by atoms with Crippen LogP contribution >= 0.6 is 0 Å². The first kappa shape index (κ1) is 20.1. The number of aliphatic hydroxyl groups is 1. The molecule has 4 N–H and O–H groups in total. The van der Waals surface area contributed by atoms with E-state index in [1.807, 2.05) is 0 Å². The van der Waals surface area contributed by atoms with E-state index in [1.54, 1.807) is 31.4 Å². The lowest BCUT2D eigenvalue weighted by atomic mass is 10.1. The predicted molar refractivity (Wildman–Crippen MR) is 100 cm³/mol. The van der Waals surface area contributed by atoms with Gasteiger partial charge in [0.15, 0.2) is 0 Å². The minimum absolute atomic E-state index is 0.0869. The Balaban J connectivity index is 1.82. The van der Waals surface area contributed by atoms with Crippen molar-refractivity contribution in [2.24, 2.45) is 5.73 Å². The predicted octanol–water partition coefficient (Wildman–Crippen LogP) is 0.255. The monoisotopic (exact) mass is 407 g/mol. The summed E-state index contributed by atoms with van der Waals surface area (Å²) >= 11 is 0. The van der Waals surface area contributed by atoms with Gasteiger partial charge >= 0.3 is 0 Å². The number of β-amino-alcohol motifs (C(OH)–C–C–N with tert-alkyl or cyclic N) is 1. The molecule has 1 aliphatic rings. The number of carbonyl (C=O) groups is 1. The van der Waals surface area contributed by atoms with Gasteiger partial charge in [0, 0.05) is 19.6 Å². The standard InChI is InChI=1S/C18H21N3O6S/c1-26-13-2-4-14(5-3-13)27-15-6-8-16(9-7-15)28(24,25)21-11-10-20-12-18(21,23)17(19)22/h2-9,20,23H,10-12H2,1H3,(H2,19,22). The van der Waals surface area contributed by atoms with E-state index in [2.05, 4.69) is 5.32 Å². The molecule has 2 aromatic rings. The maximum absolute atomic E-state index is 12.9. The lowest BCUT2D eigenvalue weighted by Gasteiger charge is -2.39. The van der Waals surface area contributed by atoms with Crippen LogP contribution in [0.25, 0.3) is 0 Å². The van der Waals surface area contributed by atoms with Gasteiger partial charge in [0.05, 0.1) is 12.0 Å². The normalized spacial score (nSPS) is 20.5. The van der Waals surface area contributed by atoms with Crippen molar-refractivity contribution in [3.8, 4) is 17.2 Å². The van der Waals surface area contributed by atoms with Crippen LogP contribution in [-0.4, -0.2) is 56.2 Å². The van der Waals surface area contributed by atoms with Crippen molar-refractivity contribution in [3.63, 3.8) is 0 Å². The first-order chi connectivity index (χ1) is 13.3. The molecule has 150 valence electrons. The summed E-state index contributed by atoms with van der Waals surface area (Å²) in [6.07, 6.45) is 0. The van der Waals surface area contributed by atoms with Crippen LogP contribution in [0, 0.1) is 0 Å². The van der Waals surface area contributed by atoms with Gasteiger partial charge in [-0.15, -0.1) is 0 Å². The fourth-order valence-corrected chi connectivity index (χ4v) is 4.45. The topological polar surface area (TPSA) is 131 Å². The second kappa shape index (κ2) is 7.76. The highest BCUT2D eigenvalue weighted by molar-refractivity contribution is 7.89. The van der Waals surface area contributed by atoms with Crippen LogP contribution < -0.4 is 20.5 Å². The number of sulfonamides is 1. The summed E-state index contributed by atoms with van der Waals surface area (Å²) in [6.45, 7) is -0.0837. The van der Waals surface area contributed by atoms with E-state index < -0.39 is 21.7 Å². The Labute approximate surface area is 162 Å². The third-order valence-electron chi connectivity index (χ3n) is 4.38. The summed E-state index contributed by atoms with van der Waals surface area (Å²) in [4.78, 5) is 11.6. The van der Waals surface area contributed by atoms with Crippen LogP contribution in [0.15, 0.2) is 53.4 Å². The first-order valence-electron chi connectivity index (χ1n) is 8.45. The summed E-state index contributed by atoms with van der Waals surface area (Å²) in [5, 5.41) is 13.2. The average molecular weight is 407 g/mol. The van der Waals surface area contributed by atoms with Crippen molar-refractivity contribution < 1.29 is 27.8 Å². The zero-order valence-electron chi connectivity index (χ0n) is 15.2. The molecule has 1 saturated heterocycles. The highest BCUT2D eigenvalue weighted by atomic mass is 32.2. The molecule has 1 fully saturated rings. The molecule has 1 aliphatic heterocycles. The molecule has 0 aromatic heterocycles. The van der Waals surface area contributed by atoms with Crippen LogP contribution in [0.1, 0.15) is 0 Å². The molecule has 9 nitrogen and oxygen atoms in total. The van der Waals surface area contributed by atoms with E-state index in [0.717, 1.165) is 4.31 Å². The Morgan fingerprint density at radius 1 is 1.11 bits per heavy atom. The number of rotatable bonds is 6. The summed E-state index contributed by atoms with van der Waals surface area (Å²) < 4.78 is 37.3. The van der Waals surface area contributed by atoms with Crippen molar-refractivity contribution in [3.05, 3.63) is 48.5 Å². The Kier molecular flexibility index (Phi) is 5.57. The lowest BCUT2D eigenvalue weighted by molar-refractivity contribution is -0.151. The van der Waals surface area contributed by atoms with Crippen LogP contribution in [-0.2, 0) is 14.8 Å². The molecule has 1 heterocycles. The number of nitrogens with zero attached hydrogens (tertiary/aromatic N) is 1. The van der Waals surface area contributed by atoms with E-state index in [9.17, 15) is 18.3 Å². The number of benzene rings is 2. The molecule has 0 saturated carbocycles. The molecule has 10 heteroatoms. The quantitative estimate of drug-likeness (QED) is 0.626. The number of nitrogens with one attached hydrogen (secondary N) is 1. The van der Waals surface area contributed by atoms with E-state index in [0.29, 0.717) is 17.2 Å². The zero-order chi connectivity index (χ0) is 20.4. The first-order valence-corrected chi connectivity index (χ1v) is 9.89. The van der Waals surface area contributed by atoms with Gasteiger partial charge in [-0.2, -0.15) is 4.31 Å². The van der Waals surface area contributed by atoms with Crippen molar-refractivity contribution in [2.45, 2.75) is 10.6 Å². The number of piperazine rings is 1. The van der Waals surface area contributed by atoms with Crippen molar-refractivity contribution >= 4 is 15.9 Å². The number of hydrogen-bond acceptors (Lipinski definition) is 7. The average Bonchev–Trinajstić information content (AvgIpc) is 2.69. The molecular formula is C18H21N3O6S. The van der Waals surface area contributed by atoms with Crippen LogP contribution in [0.3, 0.4) is 0 Å². The fraction of sp³-hybridized carbons (Fsp3) is 0.278. The molecule has 28 heavy (non-hydrogen) atoms. The maximum Gasteiger partial charge on any atom is 0.267 e. The van der Waals surface area contributed by atoms with Crippen molar-refractivity contribution in [1.82, 2.24) is 9.62 Å². The molecule has 1 amide bonds. The Bertz CT molecular complexity index is 946. The van der Waals surface area contributed by atoms with Gasteiger partial charge in [-0.25, -0.2) is 8.42 Å². The summed E-state index contributed by atoms with van der Waals surface area (Å²) in [6, 6.07) is 12.6. The van der Waals surface area contributed by atoms with E-state index in [4.69, 9.17) is 15.2 Å². The Morgan fingerprint density at radius 3 is 2.18 bits per heavy atom. The smallest absolute Gasteiger partial charge is 0.267 e. The van der Waals surface area contributed by atoms with Crippen LogP contribution in [0.5, 0.6) is 17.2 Å². The minimum Gasteiger partial charge on any atom is -0.497 e. The van der Waals surface area contributed by atoms with E-state index in [1.165, 1.54) is 24.3 Å². The molecule has 2 aromatic carbocycles. The molecule has 3 rings (SSSR count). The number of hydrogen-bond donors (Lipinski definition) is 3. The van der Waals surface area contributed by atoms with Gasteiger partial charge in [0.2, 0.25) is 15.7 Å². The van der Waals surface area contributed by atoms with Gasteiger partial charge in [-0.1, -0.05) is 0 Å². The van der Waals surface area contributed by atoms with E-state index in [-0.39, 0.29) is 24.5 Å². The molecular weight excluding hydrogens is 386 g/mol. The summed E-state index contributed by atoms with van der Waals surface area (Å²) in [7, 11) is -2.58. The Hall–Kier alpha value is -2.66. The molecule has 0 spiro atoms. The molecule has 0 radical (unpaired) electrons. The lowest BCUT2D eigenvalue weighted by Crippen LogP contribution is -2.68. The third-order valence-corrected chi connectivity index (χ3v) is 6.31. The number of amides is 1. The molecule has 1 atom stereocenters. The minimum atomic E-state index is -4.14. The SMILES string of the molecule is COc1ccc(Oc2ccc(S(=O)(=O)N3CCNCC3(O)C(N)=O)cc2)cc1. The number of primary amides is 1. The second-order valence-corrected chi connectivity index (χ2v) is 8.05. The van der Waals surface area contributed by atoms with Crippen molar-refractivity contribution in [2.75, 3.05) is 26.7 Å². The number of nitrogens with two attached hydrogens (primary N) is 1. The Morgan fingerprint density at radius 2 is 1.64 bits per heavy atom. The van der Waals surface area contributed by atoms with Gasteiger partial charge in [-0.05, 0) is 48.5 Å². The van der Waals surface area contributed by atoms with Gasteiger partial charge in [-0.3, -0.25) is 4.79 Å². The molecule has 1 unspecified atom stereocenters. The molecule has 0 bridgehead atoms. The largest absolute Gasteiger partial charge is 0.497 e. The molecule has 0 aliphatic carbocycles. The maximum atomic E-state index is 12.9. The highest BCUT2D eigenvalue weighted by Gasteiger charge is 2.49. The van der Waals surface area contributed by atoms with Gasteiger partial charge in [0.1, 0.15) is 17.2 Å². The van der Waals surface area contributed by atoms with E-state index >= 15 is 0 Å². The fourth-order valence-electron chi connectivity index (χ4n) is 2.83. The zero-order valence-corrected chi connectivity index (χ0v) is 16.0. The van der Waals surface area contributed by atoms with Gasteiger partial charge < -0.3 is 25.6 Å².